The number of ether oxygens (including phenoxy) is 4. The smallest absolute Gasteiger partial charge is 0.462 e. The van der Waals surface area contributed by atoms with Crippen molar-refractivity contribution in [2.45, 2.75) is 368 Å². The molecule has 0 aromatic carbocycles. The summed E-state index contributed by atoms with van der Waals surface area (Å²) in [6.45, 7) is 9.46. The fourth-order valence-electron chi connectivity index (χ4n) is 10.4. The lowest BCUT2D eigenvalue weighted by Crippen LogP contribution is -2.30. The molecule has 0 saturated carbocycles. The number of aliphatic hydroxyl groups is 1. The molecule has 0 aromatic heterocycles. The zero-order valence-electron chi connectivity index (χ0n) is 57.0. The minimum absolute atomic E-state index is 0.104. The van der Waals surface area contributed by atoms with Gasteiger partial charge in [0.05, 0.1) is 26.4 Å². The van der Waals surface area contributed by atoms with Gasteiger partial charge in [-0.05, 0) is 37.5 Å². The number of hydrogen-bond donors (Lipinski definition) is 3. The van der Waals surface area contributed by atoms with Crippen molar-refractivity contribution in [1.29, 1.82) is 0 Å². The summed E-state index contributed by atoms with van der Waals surface area (Å²) in [5, 5.41) is 10.5. The number of esters is 4. The number of carbonyl (C=O) groups excluding carboxylic acids is 4. The summed E-state index contributed by atoms with van der Waals surface area (Å²) in [4.78, 5) is 72.1. The van der Waals surface area contributed by atoms with E-state index in [0.717, 1.165) is 115 Å². The molecule has 522 valence electrons. The molecule has 0 aliphatic carbocycles. The van der Waals surface area contributed by atoms with Gasteiger partial charge < -0.3 is 33.8 Å². The van der Waals surface area contributed by atoms with Crippen LogP contribution in [0.4, 0.5) is 0 Å². The first-order chi connectivity index (χ1) is 42.4. The number of carbonyl (C=O) groups is 4. The molecule has 0 spiro atoms. The van der Waals surface area contributed by atoms with Gasteiger partial charge in [0.15, 0.2) is 12.2 Å². The molecule has 0 rings (SSSR count). The molecule has 17 nitrogen and oxygen atoms in total. The molecule has 0 radical (unpaired) electrons. The first-order valence-corrected chi connectivity index (χ1v) is 39.0. The number of hydrogen-bond acceptors (Lipinski definition) is 15. The van der Waals surface area contributed by atoms with Crippen LogP contribution in [0, 0.1) is 11.8 Å². The summed E-state index contributed by atoms with van der Waals surface area (Å²) in [5.41, 5.74) is 0. The second-order valence-electron chi connectivity index (χ2n) is 25.9. The number of phosphoric acid groups is 2. The number of rotatable bonds is 68. The van der Waals surface area contributed by atoms with Gasteiger partial charge >= 0.3 is 39.5 Å². The third kappa shape index (κ3) is 62.8. The third-order valence-electron chi connectivity index (χ3n) is 16.0. The monoisotopic (exact) mass is 1300 g/mol. The van der Waals surface area contributed by atoms with Crippen LogP contribution in [0.25, 0.3) is 0 Å². The van der Waals surface area contributed by atoms with Crippen LogP contribution in [0.3, 0.4) is 0 Å². The summed E-state index contributed by atoms with van der Waals surface area (Å²) in [6, 6.07) is 0. The van der Waals surface area contributed by atoms with E-state index in [1.807, 2.05) is 0 Å². The van der Waals surface area contributed by atoms with Crippen LogP contribution in [0.2, 0.25) is 0 Å². The van der Waals surface area contributed by atoms with Crippen LogP contribution in [0.15, 0.2) is 0 Å². The van der Waals surface area contributed by atoms with E-state index in [-0.39, 0.29) is 25.7 Å². The minimum atomic E-state index is -4.95. The second-order valence-corrected chi connectivity index (χ2v) is 28.8. The van der Waals surface area contributed by atoms with E-state index in [1.54, 1.807) is 0 Å². The Hall–Kier alpha value is -1.94. The van der Waals surface area contributed by atoms with Crippen molar-refractivity contribution >= 4 is 39.5 Å². The average Bonchev–Trinajstić information content (AvgIpc) is 3.59. The largest absolute Gasteiger partial charge is 0.472 e. The predicted octanol–water partition coefficient (Wildman–Crippen LogP) is 19.6. The van der Waals surface area contributed by atoms with E-state index < -0.39 is 97.5 Å². The molecule has 0 amide bonds. The summed E-state index contributed by atoms with van der Waals surface area (Å²) in [6.07, 6.45) is 46.4. The van der Waals surface area contributed by atoms with Gasteiger partial charge in [-0.1, -0.05) is 298 Å². The van der Waals surface area contributed by atoms with Crippen LogP contribution in [-0.4, -0.2) is 96.7 Å². The zero-order valence-corrected chi connectivity index (χ0v) is 58.8. The van der Waals surface area contributed by atoms with E-state index in [4.69, 9.17) is 37.0 Å². The average molecular weight is 1300 g/mol. The Morgan fingerprint density at radius 1 is 0.307 bits per heavy atom. The molecule has 0 heterocycles. The van der Waals surface area contributed by atoms with Gasteiger partial charge in [-0.15, -0.1) is 0 Å². The number of unbranched alkanes of at least 4 members (excludes halogenated alkanes) is 38. The van der Waals surface area contributed by atoms with Crippen LogP contribution in [-0.2, 0) is 65.4 Å². The van der Waals surface area contributed by atoms with Crippen LogP contribution < -0.4 is 0 Å². The molecule has 88 heavy (non-hydrogen) atoms. The molecule has 0 aromatic rings. The van der Waals surface area contributed by atoms with Gasteiger partial charge in [0.1, 0.15) is 19.3 Å². The summed E-state index contributed by atoms with van der Waals surface area (Å²) in [7, 11) is -9.88. The highest BCUT2D eigenvalue weighted by Gasteiger charge is 2.30. The van der Waals surface area contributed by atoms with Crippen molar-refractivity contribution in [3.8, 4) is 0 Å². The maximum absolute atomic E-state index is 13.0. The lowest BCUT2D eigenvalue weighted by Gasteiger charge is -2.21. The van der Waals surface area contributed by atoms with Crippen molar-refractivity contribution in [3.05, 3.63) is 0 Å². The highest BCUT2D eigenvalue weighted by molar-refractivity contribution is 7.47. The van der Waals surface area contributed by atoms with Crippen molar-refractivity contribution in [3.63, 3.8) is 0 Å². The topological polar surface area (TPSA) is 237 Å². The number of phosphoric ester groups is 2. The fraction of sp³-hybridized carbons (Fsp3) is 0.942. The third-order valence-corrected chi connectivity index (χ3v) is 17.9. The minimum Gasteiger partial charge on any atom is -0.462 e. The highest BCUT2D eigenvalue weighted by atomic mass is 31.2. The first kappa shape index (κ1) is 86.1. The van der Waals surface area contributed by atoms with Crippen LogP contribution in [0.1, 0.15) is 350 Å². The van der Waals surface area contributed by atoms with Gasteiger partial charge in [-0.25, -0.2) is 9.13 Å². The predicted molar refractivity (Wildman–Crippen MR) is 354 cm³/mol. The van der Waals surface area contributed by atoms with E-state index in [1.165, 1.54) is 154 Å². The van der Waals surface area contributed by atoms with E-state index in [9.17, 15) is 43.2 Å². The maximum Gasteiger partial charge on any atom is 0.472 e. The molecule has 0 aliphatic heterocycles. The lowest BCUT2D eigenvalue weighted by atomic mass is 10.0. The lowest BCUT2D eigenvalue weighted by molar-refractivity contribution is -0.161. The zero-order chi connectivity index (χ0) is 65.0. The Kier molecular flexibility index (Phi) is 59.9. The molecule has 3 N–H and O–H groups in total. The Morgan fingerprint density at radius 2 is 0.523 bits per heavy atom. The van der Waals surface area contributed by atoms with Crippen molar-refractivity contribution in [2.75, 3.05) is 39.6 Å². The molecule has 0 saturated heterocycles. The molecular weight excluding hydrogens is 1160 g/mol. The number of aliphatic hydroxyl groups excluding tert-OH is 1. The molecular formula is C69H134O17P2. The van der Waals surface area contributed by atoms with E-state index in [0.29, 0.717) is 25.7 Å². The Balaban J connectivity index is 5.09. The van der Waals surface area contributed by atoms with Crippen molar-refractivity contribution in [1.82, 2.24) is 0 Å². The molecule has 0 aliphatic rings. The van der Waals surface area contributed by atoms with E-state index in [2.05, 4.69) is 41.5 Å². The quantitative estimate of drug-likeness (QED) is 0.0222. The van der Waals surface area contributed by atoms with E-state index >= 15 is 0 Å². The summed E-state index contributed by atoms with van der Waals surface area (Å²) >= 11 is 0. The van der Waals surface area contributed by atoms with Crippen LogP contribution in [0.5, 0.6) is 0 Å². The maximum atomic E-state index is 13.0. The highest BCUT2D eigenvalue weighted by Crippen LogP contribution is 2.45. The first-order valence-electron chi connectivity index (χ1n) is 36.0. The molecule has 0 fully saturated rings. The fourth-order valence-corrected chi connectivity index (χ4v) is 12.0. The molecule has 0 bridgehead atoms. The van der Waals surface area contributed by atoms with Gasteiger partial charge in [0.2, 0.25) is 0 Å². The normalized spacial score (nSPS) is 14.2. The SMILES string of the molecule is CCCCCCCCCCC(=O)O[C@H](COC(=O)CCCCCCC)COP(=O)(O)OC[C@H](O)COP(=O)(O)OC[C@@H](COC(=O)CCCCCCCCCCCCCC(C)C)OC(=O)CCCCCCCCCCCCCCCCCCCCC(C)C. The van der Waals surface area contributed by atoms with Gasteiger partial charge in [-0.2, -0.15) is 0 Å². The van der Waals surface area contributed by atoms with Crippen molar-refractivity contribution < 1.29 is 80.2 Å². The van der Waals surface area contributed by atoms with Crippen LogP contribution >= 0.6 is 15.6 Å². The Morgan fingerprint density at radius 3 is 0.773 bits per heavy atom. The Bertz CT molecular complexity index is 1720. The summed E-state index contributed by atoms with van der Waals surface area (Å²) in [5.74, 6) is -0.549. The molecule has 5 atom stereocenters. The second kappa shape index (κ2) is 61.3. The molecule has 19 heteroatoms. The summed E-state index contributed by atoms with van der Waals surface area (Å²) < 4.78 is 67.9. The standard InChI is InChI=1S/C69H134O17P2/c1-7-9-11-13-14-34-41-47-53-68(73)85-64(57-79-66(71)51-45-37-12-10-8-2)59-83-87(75,76)81-55-63(70)56-82-88(77,78)84-60-65(58-80-67(72)52-46-40-35-30-27-23-25-29-33-39-44-50-62(5)6)86-69(74)54-48-42-36-31-26-22-20-18-16-15-17-19-21-24-28-32-38-43-49-61(3)4/h61-65,70H,7-60H2,1-6H3,(H,75,76)(H,77,78)/t63-,64+,65+/m0/s1. The Labute approximate surface area is 537 Å². The molecule has 2 unspecified atom stereocenters. The van der Waals surface area contributed by atoms with Gasteiger partial charge in [0.25, 0.3) is 0 Å². The van der Waals surface area contributed by atoms with Crippen molar-refractivity contribution in [2.24, 2.45) is 11.8 Å². The van der Waals surface area contributed by atoms with Gasteiger partial charge in [0, 0.05) is 25.7 Å². The van der Waals surface area contributed by atoms with Gasteiger partial charge in [-0.3, -0.25) is 37.3 Å².